The van der Waals surface area contributed by atoms with Gasteiger partial charge in [-0.3, -0.25) is 0 Å². The molecular formula is C15H29N. The Morgan fingerprint density at radius 3 is 1.69 bits per heavy atom. The molecule has 2 saturated carbocycles. The maximum Gasteiger partial charge on any atom is 0.0121 e. The molecule has 0 spiro atoms. The van der Waals surface area contributed by atoms with Crippen molar-refractivity contribution in [2.45, 2.75) is 64.8 Å². The lowest BCUT2D eigenvalue weighted by atomic mass is 9.68. The van der Waals surface area contributed by atoms with Gasteiger partial charge < -0.3 is 5.32 Å². The van der Waals surface area contributed by atoms with Crippen LogP contribution in [0.5, 0.6) is 0 Å². The van der Waals surface area contributed by atoms with Crippen LogP contribution in [-0.4, -0.2) is 13.1 Å². The summed E-state index contributed by atoms with van der Waals surface area (Å²) in [6, 6.07) is 0.835. The van der Waals surface area contributed by atoms with E-state index in [-0.39, 0.29) is 0 Å². The topological polar surface area (TPSA) is 12.0 Å². The van der Waals surface area contributed by atoms with Crippen molar-refractivity contribution in [2.75, 3.05) is 7.05 Å². The predicted octanol–water partition coefficient (Wildman–Crippen LogP) is 3.84. The zero-order valence-electron chi connectivity index (χ0n) is 11.3. The van der Waals surface area contributed by atoms with Crippen LogP contribution < -0.4 is 5.32 Å². The van der Waals surface area contributed by atoms with Gasteiger partial charge in [-0.15, -0.1) is 0 Å². The van der Waals surface area contributed by atoms with Gasteiger partial charge in [-0.2, -0.15) is 0 Å². The summed E-state index contributed by atoms with van der Waals surface area (Å²) in [7, 11) is 2.18. The second-order valence-electron chi connectivity index (χ2n) is 6.42. The van der Waals surface area contributed by atoms with E-state index >= 15 is 0 Å². The van der Waals surface area contributed by atoms with Crippen molar-refractivity contribution in [3.63, 3.8) is 0 Å². The maximum atomic E-state index is 3.62. The molecule has 1 heteroatoms. The van der Waals surface area contributed by atoms with Crippen LogP contribution >= 0.6 is 0 Å². The monoisotopic (exact) mass is 223 g/mol. The highest BCUT2D eigenvalue weighted by Crippen LogP contribution is 2.40. The van der Waals surface area contributed by atoms with Gasteiger partial charge >= 0.3 is 0 Å². The molecule has 0 aliphatic heterocycles. The van der Waals surface area contributed by atoms with E-state index < -0.39 is 0 Å². The molecule has 0 heterocycles. The van der Waals surface area contributed by atoms with Gasteiger partial charge in [-0.05, 0) is 69.2 Å². The number of hydrogen-bond donors (Lipinski definition) is 1. The predicted molar refractivity (Wildman–Crippen MR) is 70.5 cm³/mol. The molecule has 0 aromatic carbocycles. The molecule has 0 saturated heterocycles. The second-order valence-corrected chi connectivity index (χ2v) is 6.42. The minimum atomic E-state index is 0.835. The third kappa shape index (κ3) is 2.61. The Morgan fingerprint density at radius 2 is 1.31 bits per heavy atom. The van der Waals surface area contributed by atoms with Gasteiger partial charge in [0, 0.05) is 6.04 Å². The van der Waals surface area contributed by atoms with E-state index in [2.05, 4.69) is 26.2 Å². The molecule has 0 amide bonds. The summed E-state index contributed by atoms with van der Waals surface area (Å²) < 4.78 is 0. The summed E-state index contributed by atoms with van der Waals surface area (Å²) in [6.45, 7) is 4.79. The SMILES string of the molecule is CNC(C1CCC1)C1CCC(C(C)C)CC1. The molecule has 1 N–H and O–H groups in total. The van der Waals surface area contributed by atoms with Crippen molar-refractivity contribution >= 4 is 0 Å². The van der Waals surface area contributed by atoms with Crippen LogP contribution in [0.1, 0.15) is 58.8 Å². The van der Waals surface area contributed by atoms with Crippen molar-refractivity contribution in [3.8, 4) is 0 Å². The standard InChI is InChI=1S/C15H29N/c1-11(2)12-7-9-14(10-8-12)15(16-3)13-5-4-6-13/h11-16H,4-10H2,1-3H3. The Balaban J connectivity index is 1.82. The second kappa shape index (κ2) is 5.53. The molecule has 2 fully saturated rings. The van der Waals surface area contributed by atoms with Crippen LogP contribution in [-0.2, 0) is 0 Å². The van der Waals surface area contributed by atoms with E-state index in [1.807, 2.05) is 0 Å². The van der Waals surface area contributed by atoms with Crippen LogP contribution in [0, 0.1) is 23.7 Å². The van der Waals surface area contributed by atoms with E-state index in [0.29, 0.717) is 0 Å². The summed E-state index contributed by atoms with van der Waals surface area (Å²) in [5.74, 6) is 3.89. The minimum absolute atomic E-state index is 0.835. The zero-order chi connectivity index (χ0) is 11.5. The fourth-order valence-corrected chi connectivity index (χ4v) is 3.83. The Labute approximate surface area is 101 Å². The molecule has 2 aliphatic carbocycles. The molecule has 16 heavy (non-hydrogen) atoms. The molecule has 1 unspecified atom stereocenters. The Kier molecular flexibility index (Phi) is 4.29. The minimum Gasteiger partial charge on any atom is -0.316 e. The average Bonchev–Trinajstić information content (AvgIpc) is 2.23. The fraction of sp³-hybridized carbons (Fsp3) is 1.00. The average molecular weight is 223 g/mol. The van der Waals surface area contributed by atoms with Crippen molar-refractivity contribution in [3.05, 3.63) is 0 Å². The summed E-state index contributed by atoms with van der Waals surface area (Å²) in [5.41, 5.74) is 0. The number of hydrogen-bond acceptors (Lipinski definition) is 1. The van der Waals surface area contributed by atoms with Gasteiger partial charge in [0.1, 0.15) is 0 Å². The lowest BCUT2D eigenvalue weighted by molar-refractivity contribution is 0.125. The third-order valence-electron chi connectivity index (χ3n) is 5.26. The summed E-state index contributed by atoms with van der Waals surface area (Å²) in [4.78, 5) is 0. The zero-order valence-corrected chi connectivity index (χ0v) is 11.3. The van der Waals surface area contributed by atoms with Gasteiger partial charge in [0.05, 0.1) is 0 Å². The van der Waals surface area contributed by atoms with E-state index in [4.69, 9.17) is 0 Å². The van der Waals surface area contributed by atoms with Crippen LogP contribution in [0.4, 0.5) is 0 Å². The normalized spacial score (nSPS) is 33.8. The van der Waals surface area contributed by atoms with Crippen molar-refractivity contribution in [1.82, 2.24) is 5.32 Å². The van der Waals surface area contributed by atoms with Crippen molar-refractivity contribution in [2.24, 2.45) is 23.7 Å². The molecule has 0 bridgehead atoms. The number of rotatable bonds is 4. The van der Waals surface area contributed by atoms with Gasteiger partial charge in [0.15, 0.2) is 0 Å². The molecule has 0 aromatic rings. The Hall–Kier alpha value is -0.0400. The first-order valence-electron chi connectivity index (χ1n) is 7.39. The lowest BCUT2D eigenvalue weighted by Gasteiger charge is -2.42. The van der Waals surface area contributed by atoms with Crippen LogP contribution in [0.3, 0.4) is 0 Å². The lowest BCUT2D eigenvalue weighted by Crippen LogP contribution is -2.44. The first-order chi connectivity index (χ1) is 7.72. The summed E-state index contributed by atoms with van der Waals surface area (Å²) >= 11 is 0. The smallest absolute Gasteiger partial charge is 0.0121 e. The largest absolute Gasteiger partial charge is 0.316 e. The van der Waals surface area contributed by atoms with Gasteiger partial charge in [-0.25, -0.2) is 0 Å². The maximum absolute atomic E-state index is 3.62. The molecule has 2 rings (SSSR count). The van der Waals surface area contributed by atoms with Crippen LogP contribution in [0.25, 0.3) is 0 Å². The molecule has 1 nitrogen and oxygen atoms in total. The molecule has 2 aliphatic rings. The van der Waals surface area contributed by atoms with E-state index in [1.165, 1.54) is 44.9 Å². The van der Waals surface area contributed by atoms with E-state index in [0.717, 1.165) is 29.7 Å². The Bertz CT molecular complexity index is 199. The van der Waals surface area contributed by atoms with Gasteiger partial charge in [-0.1, -0.05) is 20.3 Å². The van der Waals surface area contributed by atoms with E-state index in [9.17, 15) is 0 Å². The first kappa shape index (κ1) is 12.4. The van der Waals surface area contributed by atoms with Crippen molar-refractivity contribution in [1.29, 1.82) is 0 Å². The highest BCUT2D eigenvalue weighted by Gasteiger charge is 2.34. The highest BCUT2D eigenvalue weighted by molar-refractivity contribution is 4.89. The Morgan fingerprint density at radius 1 is 0.812 bits per heavy atom. The molecule has 94 valence electrons. The molecule has 0 aromatic heterocycles. The van der Waals surface area contributed by atoms with Crippen LogP contribution in [0.15, 0.2) is 0 Å². The van der Waals surface area contributed by atoms with E-state index in [1.54, 1.807) is 0 Å². The molecule has 0 radical (unpaired) electrons. The number of nitrogens with one attached hydrogen (secondary N) is 1. The van der Waals surface area contributed by atoms with Gasteiger partial charge in [0.25, 0.3) is 0 Å². The summed E-state index contributed by atoms with van der Waals surface area (Å²) in [6.07, 6.45) is 10.4. The highest BCUT2D eigenvalue weighted by atomic mass is 14.9. The third-order valence-corrected chi connectivity index (χ3v) is 5.26. The molecule has 1 atom stereocenters. The molecular weight excluding hydrogens is 194 g/mol. The quantitative estimate of drug-likeness (QED) is 0.763. The fourth-order valence-electron chi connectivity index (χ4n) is 3.83. The first-order valence-corrected chi connectivity index (χ1v) is 7.39. The summed E-state index contributed by atoms with van der Waals surface area (Å²) in [5, 5.41) is 3.62. The van der Waals surface area contributed by atoms with Gasteiger partial charge in [0.2, 0.25) is 0 Å². The van der Waals surface area contributed by atoms with Crippen LogP contribution in [0.2, 0.25) is 0 Å². The van der Waals surface area contributed by atoms with Crippen molar-refractivity contribution < 1.29 is 0 Å².